The van der Waals surface area contributed by atoms with Gasteiger partial charge in [-0.15, -0.1) is 0 Å². The van der Waals surface area contributed by atoms with Crippen molar-refractivity contribution < 1.29 is 14.7 Å². The van der Waals surface area contributed by atoms with E-state index in [1.165, 1.54) is 12.0 Å². The number of fused-ring (bicyclic) bond motifs is 2. The zero-order valence-electron chi connectivity index (χ0n) is 14.1. The summed E-state index contributed by atoms with van der Waals surface area (Å²) in [6, 6.07) is 15.1. The first kappa shape index (κ1) is 15.9. The molecule has 4 rings (SSSR count). The molecule has 1 aliphatic heterocycles. The Morgan fingerprint density at radius 3 is 2.48 bits per heavy atom. The summed E-state index contributed by atoms with van der Waals surface area (Å²) in [5.41, 5.74) is 3.51. The van der Waals surface area contributed by atoms with Crippen LogP contribution in [0.25, 0.3) is 0 Å². The van der Waals surface area contributed by atoms with Crippen LogP contribution in [0.4, 0.5) is 5.69 Å². The number of aromatic carboxylic acids is 1. The quantitative estimate of drug-likeness (QED) is 0.925. The number of para-hydroxylation sites is 1. The Hall–Kier alpha value is -2.62. The Labute approximate surface area is 147 Å². The number of carboxylic acid groups (broad SMARTS) is 1. The number of amides is 1. The average molecular weight is 335 g/mol. The standard InChI is InChI=1S/C21H21NO3/c23-19(11-10-15-6-1-2-7-16(15)20(24)25)22-14-21(12-5-13-21)17-8-3-4-9-18(17)22/h1-4,6-9H,5,10-14H2,(H,24,25). The topological polar surface area (TPSA) is 57.6 Å². The summed E-state index contributed by atoms with van der Waals surface area (Å²) in [6.07, 6.45) is 4.30. The number of rotatable bonds is 4. The number of nitrogens with zero attached hydrogens (tertiary/aromatic N) is 1. The van der Waals surface area contributed by atoms with Crippen molar-refractivity contribution in [2.24, 2.45) is 0 Å². The van der Waals surface area contributed by atoms with Crippen molar-refractivity contribution in [3.05, 3.63) is 65.2 Å². The van der Waals surface area contributed by atoms with Crippen LogP contribution in [0.5, 0.6) is 0 Å². The van der Waals surface area contributed by atoms with Gasteiger partial charge in [0.05, 0.1) is 5.56 Å². The molecule has 1 amide bonds. The number of hydrogen-bond acceptors (Lipinski definition) is 2. The van der Waals surface area contributed by atoms with E-state index in [9.17, 15) is 14.7 Å². The molecule has 4 heteroatoms. The smallest absolute Gasteiger partial charge is 0.335 e. The van der Waals surface area contributed by atoms with Crippen molar-refractivity contribution in [2.75, 3.05) is 11.4 Å². The van der Waals surface area contributed by atoms with E-state index in [-0.39, 0.29) is 16.9 Å². The largest absolute Gasteiger partial charge is 0.478 e. The first-order valence-corrected chi connectivity index (χ1v) is 8.82. The molecule has 1 saturated carbocycles. The molecule has 1 aliphatic carbocycles. The highest BCUT2D eigenvalue weighted by Crippen LogP contribution is 2.52. The lowest BCUT2D eigenvalue weighted by molar-refractivity contribution is -0.118. The molecule has 1 fully saturated rings. The minimum atomic E-state index is -0.942. The molecule has 2 aromatic rings. The maximum absolute atomic E-state index is 12.9. The number of carboxylic acids is 1. The van der Waals surface area contributed by atoms with Gasteiger partial charge in [-0.25, -0.2) is 4.79 Å². The van der Waals surface area contributed by atoms with Gasteiger partial charge in [-0.3, -0.25) is 4.79 Å². The van der Waals surface area contributed by atoms with Crippen LogP contribution < -0.4 is 4.90 Å². The lowest BCUT2D eigenvalue weighted by atomic mass is 9.66. The second kappa shape index (κ2) is 6.03. The van der Waals surface area contributed by atoms with Gasteiger partial charge in [0.25, 0.3) is 0 Å². The van der Waals surface area contributed by atoms with Gasteiger partial charge in [0, 0.05) is 24.1 Å². The van der Waals surface area contributed by atoms with Gasteiger partial charge in [-0.2, -0.15) is 0 Å². The van der Waals surface area contributed by atoms with Crippen LogP contribution in [-0.2, 0) is 16.6 Å². The molecule has 4 nitrogen and oxygen atoms in total. The van der Waals surface area contributed by atoms with Gasteiger partial charge >= 0.3 is 5.97 Å². The monoisotopic (exact) mass is 335 g/mol. The summed E-state index contributed by atoms with van der Waals surface area (Å²) in [7, 11) is 0. The van der Waals surface area contributed by atoms with Crippen molar-refractivity contribution in [1.29, 1.82) is 0 Å². The highest BCUT2D eigenvalue weighted by molar-refractivity contribution is 5.97. The van der Waals surface area contributed by atoms with E-state index in [1.54, 1.807) is 18.2 Å². The molecular formula is C21H21NO3. The molecule has 1 spiro atoms. The van der Waals surface area contributed by atoms with Crippen LogP contribution in [0.1, 0.15) is 47.2 Å². The van der Waals surface area contributed by atoms with Crippen LogP contribution >= 0.6 is 0 Å². The van der Waals surface area contributed by atoms with Crippen molar-refractivity contribution in [2.45, 2.75) is 37.5 Å². The molecule has 0 atom stereocenters. The predicted molar refractivity (Wildman–Crippen MR) is 96.0 cm³/mol. The van der Waals surface area contributed by atoms with E-state index in [1.807, 2.05) is 23.1 Å². The Bertz CT molecular complexity index is 839. The van der Waals surface area contributed by atoms with Gasteiger partial charge in [-0.05, 0) is 42.5 Å². The van der Waals surface area contributed by atoms with Crippen LogP contribution in [-0.4, -0.2) is 23.5 Å². The van der Waals surface area contributed by atoms with Gasteiger partial charge in [0.1, 0.15) is 0 Å². The van der Waals surface area contributed by atoms with Crippen LogP contribution in [0.15, 0.2) is 48.5 Å². The number of hydrogen-bond donors (Lipinski definition) is 1. The molecule has 2 aliphatic rings. The van der Waals surface area contributed by atoms with Crippen molar-refractivity contribution in [1.82, 2.24) is 0 Å². The SMILES string of the molecule is O=C(O)c1ccccc1CCC(=O)N1CC2(CCC2)c2ccccc21. The average Bonchev–Trinajstić information content (AvgIpc) is 2.96. The summed E-state index contributed by atoms with van der Waals surface area (Å²) in [5, 5.41) is 9.29. The van der Waals surface area contributed by atoms with Crippen LogP contribution in [0.3, 0.4) is 0 Å². The minimum absolute atomic E-state index is 0.0800. The van der Waals surface area contributed by atoms with E-state index in [0.717, 1.165) is 25.1 Å². The molecule has 1 N–H and O–H groups in total. The highest BCUT2D eigenvalue weighted by Gasteiger charge is 2.47. The molecule has 0 bridgehead atoms. The fourth-order valence-corrected chi connectivity index (χ4v) is 4.21. The maximum Gasteiger partial charge on any atom is 0.335 e. The van der Waals surface area contributed by atoms with Crippen molar-refractivity contribution in [3.63, 3.8) is 0 Å². The zero-order valence-corrected chi connectivity index (χ0v) is 14.1. The van der Waals surface area contributed by atoms with Gasteiger partial charge in [0.15, 0.2) is 0 Å². The van der Waals surface area contributed by atoms with Crippen molar-refractivity contribution in [3.8, 4) is 0 Å². The lowest BCUT2D eigenvalue weighted by Crippen LogP contribution is -2.41. The lowest BCUT2D eigenvalue weighted by Gasteiger charge is -2.39. The summed E-state index contributed by atoms with van der Waals surface area (Å²) < 4.78 is 0. The van der Waals surface area contributed by atoms with Gasteiger partial charge < -0.3 is 10.0 Å². The summed E-state index contributed by atoms with van der Waals surface area (Å²) >= 11 is 0. The van der Waals surface area contributed by atoms with Crippen LogP contribution in [0.2, 0.25) is 0 Å². The predicted octanol–water partition coefficient (Wildman–Crippen LogP) is 3.79. The molecule has 0 saturated heterocycles. The second-order valence-corrected chi connectivity index (χ2v) is 7.09. The van der Waals surface area contributed by atoms with Gasteiger partial charge in [-0.1, -0.05) is 42.8 Å². The normalized spacial score (nSPS) is 17.2. The third-order valence-corrected chi connectivity index (χ3v) is 5.69. The first-order valence-electron chi connectivity index (χ1n) is 8.82. The molecule has 1 heterocycles. The molecule has 25 heavy (non-hydrogen) atoms. The van der Waals surface area contributed by atoms with E-state index in [4.69, 9.17) is 0 Å². The number of benzene rings is 2. The summed E-state index contributed by atoms with van der Waals surface area (Å²) in [4.78, 5) is 26.1. The number of carbonyl (C=O) groups excluding carboxylic acids is 1. The highest BCUT2D eigenvalue weighted by atomic mass is 16.4. The minimum Gasteiger partial charge on any atom is -0.478 e. The fourth-order valence-electron chi connectivity index (χ4n) is 4.21. The van der Waals surface area contributed by atoms with Crippen molar-refractivity contribution >= 4 is 17.6 Å². The van der Waals surface area contributed by atoms with E-state index in [0.29, 0.717) is 18.4 Å². The first-order chi connectivity index (χ1) is 12.1. The Morgan fingerprint density at radius 2 is 1.76 bits per heavy atom. The maximum atomic E-state index is 12.9. The van der Waals surface area contributed by atoms with Gasteiger partial charge in [0.2, 0.25) is 5.91 Å². The molecule has 128 valence electrons. The van der Waals surface area contributed by atoms with E-state index in [2.05, 4.69) is 12.1 Å². The zero-order chi connectivity index (χ0) is 17.4. The Morgan fingerprint density at radius 1 is 1.04 bits per heavy atom. The summed E-state index contributed by atoms with van der Waals surface area (Å²) in [6.45, 7) is 0.770. The third kappa shape index (κ3) is 2.62. The van der Waals surface area contributed by atoms with E-state index < -0.39 is 5.97 Å². The van der Waals surface area contributed by atoms with Crippen LogP contribution in [0, 0.1) is 0 Å². The fraction of sp³-hybridized carbons (Fsp3) is 0.333. The number of carbonyl (C=O) groups is 2. The molecule has 0 unspecified atom stereocenters. The molecule has 2 aromatic carbocycles. The second-order valence-electron chi connectivity index (χ2n) is 7.09. The molecule has 0 aromatic heterocycles. The Balaban J connectivity index is 1.52. The molecular weight excluding hydrogens is 314 g/mol. The molecule has 0 radical (unpaired) electrons. The number of aryl methyl sites for hydroxylation is 1. The number of anilines is 1. The van der Waals surface area contributed by atoms with E-state index >= 15 is 0 Å². The Kier molecular flexibility index (Phi) is 3.83. The summed E-state index contributed by atoms with van der Waals surface area (Å²) in [5.74, 6) is -0.862. The third-order valence-electron chi connectivity index (χ3n) is 5.69.